The summed E-state index contributed by atoms with van der Waals surface area (Å²) in [5.41, 5.74) is 1.67. The summed E-state index contributed by atoms with van der Waals surface area (Å²) in [4.78, 5) is 12.1. The van der Waals surface area contributed by atoms with E-state index in [1.54, 1.807) is 32.4 Å². The van der Waals surface area contributed by atoms with Crippen LogP contribution in [0.25, 0.3) is 11.3 Å². The number of methoxy groups -OCH3 is 2. The lowest BCUT2D eigenvalue weighted by atomic mass is 10.1. The molecule has 1 heterocycles. The van der Waals surface area contributed by atoms with Crippen molar-refractivity contribution in [1.29, 1.82) is 0 Å². The first-order valence-corrected chi connectivity index (χ1v) is 8.14. The number of halogens is 2. The minimum atomic E-state index is -0.432. The molecule has 0 radical (unpaired) electrons. The highest BCUT2D eigenvalue weighted by Crippen LogP contribution is 2.31. The first-order chi connectivity index (χ1) is 12.5. The Labute approximate surface area is 154 Å². The molecular formula is C19H16ClFN2O3. The van der Waals surface area contributed by atoms with E-state index < -0.39 is 5.82 Å². The Kier molecular flexibility index (Phi) is 5.23. The SMILES string of the molecule is COc1ccc(-c2ccc(=O)n(Cc3ccc(F)cc3Cl)n2)cc1OC. The number of hydrogen-bond donors (Lipinski definition) is 0. The van der Waals surface area contributed by atoms with Crippen molar-refractivity contribution < 1.29 is 13.9 Å². The molecule has 2 aromatic carbocycles. The molecule has 0 bridgehead atoms. The lowest BCUT2D eigenvalue weighted by molar-refractivity contribution is 0.355. The van der Waals surface area contributed by atoms with Crippen LogP contribution in [-0.4, -0.2) is 24.0 Å². The summed E-state index contributed by atoms with van der Waals surface area (Å²) in [7, 11) is 3.11. The standard InChI is InChI=1S/C19H16ClFN2O3/c1-25-17-7-4-12(9-18(17)26-2)16-6-8-19(24)23(22-16)11-13-3-5-14(21)10-15(13)20/h3-10H,11H2,1-2H3. The van der Waals surface area contributed by atoms with E-state index in [4.69, 9.17) is 21.1 Å². The topological polar surface area (TPSA) is 53.4 Å². The van der Waals surface area contributed by atoms with Crippen LogP contribution in [0.3, 0.4) is 0 Å². The van der Waals surface area contributed by atoms with Crippen LogP contribution in [0.2, 0.25) is 5.02 Å². The third-order valence-corrected chi connectivity index (χ3v) is 4.23. The van der Waals surface area contributed by atoms with Gasteiger partial charge < -0.3 is 9.47 Å². The van der Waals surface area contributed by atoms with Crippen LogP contribution in [0.15, 0.2) is 53.3 Å². The van der Waals surface area contributed by atoms with Gasteiger partial charge in [0.25, 0.3) is 5.56 Å². The maximum absolute atomic E-state index is 13.2. The maximum atomic E-state index is 13.2. The molecule has 0 aliphatic rings. The van der Waals surface area contributed by atoms with E-state index in [2.05, 4.69) is 5.10 Å². The Morgan fingerprint density at radius 1 is 1.04 bits per heavy atom. The summed E-state index contributed by atoms with van der Waals surface area (Å²) in [6.45, 7) is 0.138. The second kappa shape index (κ2) is 7.58. The molecular weight excluding hydrogens is 359 g/mol. The van der Waals surface area contributed by atoms with Crippen molar-refractivity contribution in [2.45, 2.75) is 6.54 Å². The van der Waals surface area contributed by atoms with Crippen LogP contribution < -0.4 is 15.0 Å². The van der Waals surface area contributed by atoms with E-state index in [1.165, 1.54) is 28.9 Å². The van der Waals surface area contributed by atoms with E-state index in [-0.39, 0.29) is 17.1 Å². The van der Waals surface area contributed by atoms with Crippen LogP contribution in [0, 0.1) is 5.82 Å². The summed E-state index contributed by atoms with van der Waals surface area (Å²) < 4.78 is 25.0. The zero-order valence-electron chi connectivity index (χ0n) is 14.2. The van der Waals surface area contributed by atoms with Crippen molar-refractivity contribution in [2.24, 2.45) is 0 Å². The van der Waals surface area contributed by atoms with Crippen molar-refractivity contribution in [3.8, 4) is 22.8 Å². The average Bonchev–Trinajstić information content (AvgIpc) is 2.65. The predicted octanol–water partition coefficient (Wildman–Crippen LogP) is 3.77. The van der Waals surface area contributed by atoms with E-state index in [0.717, 1.165) is 5.56 Å². The zero-order valence-corrected chi connectivity index (χ0v) is 15.0. The van der Waals surface area contributed by atoms with Crippen LogP contribution in [0.1, 0.15) is 5.56 Å². The van der Waals surface area contributed by atoms with Gasteiger partial charge in [-0.1, -0.05) is 17.7 Å². The van der Waals surface area contributed by atoms with Crippen LogP contribution >= 0.6 is 11.6 Å². The second-order valence-electron chi connectivity index (χ2n) is 5.52. The third kappa shape index (κ3) is 3.70. The number of aromatic nitrogens is 2. The zero-order chi connectivity index (χ0) is 18.7. The first kappa shape index (κ1) is 17.9. The van der Waals surface area contributed by atoms with Gasteiger partial charge in [-0.3, -0.25) is 4.79 Å². The van der Waals surface area contributed by atoms with Gasteiger partial charge in [0.15, 0.2) is 11.5 Å². The summed E-state index contributed by atoms with van der Waals surface area (Å²) >= 11 is 6.05. The van der Waals surface area contributed by atoms with Crippen molar-refractivity contribution in [3.63, 3.8) is 0 Å². The van der Waals surface area contributed by atoms with Gasteiger partial charge >= 0.3 is 0 Å². The molecule has 0 amide bonds. The normalized spacial score (nSPS) is 10.6. The number of ether oxygens (including phenoxy) is 2. The molecule has 0 N–H and O–H groups in total. The largest absolute Gasteiger partial charge is 0.493 e. The lowest BCUT2D eigenvalue weighted by Gasteiger charge is -2.11. The Bertz CT molecular complexity index is 1000. The molecule has 0 spiro atoms. The van der Waals surface area contributed by atoms with Gasteiger partial charge in [0, 0.05) is 16.7 Å². The fourth-order valence-corrected chi connectivity index (χ4v) is 2.75. The number of benzene rings is 2. The molecule has 0 aliphatic heterocycles. The molecule has 3 rings (SSSR count). The van der Waals surface area contributed by atoms with Gasteiger partial charge in [-0.15, -0.1) is 0 Å². The summed E-state index contributed by atoms with van der Waals surface area (Å²) in [6, 6.07) is 12.5. The molecule has 0 unspecified atom stereocenters. The van der Waals surface area contributed by atoms with Gasteiger partial charge in [0.05, 0.1) is 26.5 Å². The molecule has 0 fully saturated rings. The highest BCUT2D eigenvalue weighted by molar-refractivity contribution is 6.31. The Morgan fingerprint density at radius 2 is 1.81 bits per heavy atom. The molecule has 134 valence electrons. The summed E-state index contributed by atoms with van der Waals surface area (Å²) in [5, 5.41) is 4.63. The van der Waals surface area contributed by atoms with Gasteiger partial charge in [-0.25, -0.2) is 9.07 Å². The highest BCUT2D eigenvalue weighted by Gasteiger charge is 2.10. The molecule has 26 heavy (non-hydrogen) atoms. The highest BCUT2D eigenvalue weighted by atomic mass is 35.5. The first-order valence-electron chi connectivity index (χ1n) is 7.76. The van der Waals surface area contributed by atoms with Gasteiger partial charge in [-0.2, -0.15) is 5.10 Å². The Hall–Kier alpha value is -2.86. The second-order valence-corrected chi connectivity index (χ2v) is 5.93. The van der Waals surface area contributed by atoms with Crippen molar-refractivity contribution in [2.75, 3.05) is 14.2 Å². The summed E-state index contributed by atoms with van der Waals surface area (Å²) in [5.74, 6) is 0.729. The van der Waals surface area contributed by atoms with Gasteiger partial charge in [0.2, 0.25) is 0 Å². The molecule has 0 atom stereocenters. The van der Waals surface area contributed by atoms with E-state index in [0.29, 0.717) is 22.8 Å². The molecule has 0 saturated carbocycles. The smallest absolute Gasteiger partial charge is 0.267 e. The third-order valence-electron chi connectivity index (χ3n) is 3.88. The van der Waals surface area contributed by atoms with E-state index in [9.17, 15) is 9.18 Å². The minimum Gasteiger partial charge on any atom is -0.493 e. The van der Waals surface area contributed by atoms with Gasteiger partial charge in [-0.05, 0) is 42.0 Å². The molecule has 1 aromatic heterocycles. The van der Waals surface area contributed by atoms with Crippen LogP contribution in [0.5, 0.6) is 11.5 Å². The molecule has 3 aromatic rings. The van der Waals surface area contributed by atoms with Gasteiger partial charge in [0.1, 0.15) is 5.82 Å². The quantitative estimate of drug-likeness (QED) is 0.682. The van der Waals surface area contributed by atoms with E-state index >= 15 is 0 Å². The predicted molar refractivity (Wildman–Crippen MR) is 97.5 cm³/mol. The Morgan fingerprint density at radius 3 is 2.50 bits per heavy atom. The fourth-order valence-electron chi connectivity index (χ4n) is 2.52. The Balaban J connectivity index is 1.99. The van der Waals surface area contributed by atoms with Crippen molar-refractivity contribution >= 4 is 11.6 Å². The molecule has 7 heteroatoms. The number of nitrogens with zero attached hydrogens (tertiary/aromatic N) is 2. The molecule has 0 saturated heterocycles. The molecule has 0 aliphatic carbocycles. The molecule has 5 nitrogen and oxygen atoms in total. The monoisotopic (exact) mass is 374 g/mol. The van der Waals surface area contributed by atoms with Crippen LogP contribution in [0.4, 0.5) is 4.39 Å². The van der Waals surface area contributed by atoms with Crippen molar-refractivity contribution in [1.82, 2.24) is 9.78 Å². The minimum absolute atomic E-state index is 0.138. The number of rotatable bonds is 5. The van der Waals surface area contributed by atoms with Crippen molar-refractivity contribution in [3.05, 3.63) is 75.3 Å². The fraction of sp³-hybridized carbons (Fsp3) is 0.158. The average molecular weight is 375 g/mol. The lowest BCUT2D eigenvalue weighted by Crippen LogP contribution is -2.23. The number of hydrogen-bond acceptors (Lipinski definition) is 4. The van der Waals surface area contributed by atoms with E-state index in [1.807, 2.05) is 6.07 Å². The van der Waals surface area contributed by atoms with Crippen LogP contribution in [-0.2, 0) is 6.54 Å². The maximum Gasteiger partial charge on any atom is 0.267 e. The summed E-state index contributed by atoms with van der Waals surface area (Å²) in [6.07, 6.45) is 0.